The number of hydrogen-bond acceptors (Lipinski definition) is 5. The molecule has 0 saturated carbocycles. The Hall–Kier alpha value is -1.76. The van der Waals surface area contributed by atoms with Crippen LogP contribution in [0.1, 0.15) is 31.2 Å². The van der Waals surface area contributed by atoms with Crippen molar-refractivity contribution < 1.29 is 0 Å². The summed E-state index contributed by atoms with van der Waals surface area (Å²) in [6.07, 6.45) is 1.97. The van der Waals surface area contributed by atoms with Gasteiger partial charge in [-0.05, 0) is 13.8 Å². The van der Waals surface area contributed by atoms with Gasteiger partial charge < -0.3 is 5.32 Å². The van der Waals surface area contributed by atoms with Gasteiger partial charge in [0.15, 0.2) is 0 Å². The molecule has 0 atom stereocenters. The Morgan fingerprint density at radius 3 is 2.68 bits per heavy atom. The van der Waals surface area contributed by atoms with Gasteiger partial charge in [0.2, 0.25) is 0 Å². The van der Waals surface area contributed by atoms with E-state index in [4.69, 9.17) is 0 Å². The van der Waals surface area contributed by atoms with Crippen molar-refractivity contribution in [2.45, 2.75) is 53.4 Å². The predicted octanol–water partition coefficient (Wildman–Crippen LogP) is 0.685. The highest BCUT2D eigenvalue weighted by Gasteiger charge is 2.04. The number of hydrogen-bond donors (Lipinski definition) is 1. The number of nitrogens with zero attached hydrogens (tertiary/aromatic N) is 6. The van der Waals surface area contributed by atoms with Crippen LogP contribution in [0.25, 0.3) is 0 Å². The fourth-order valence-corrected chi connectivity index (χ4v) is 1.81. The monoisotopic (exact) mass is 263 g/mol. The Kier molecular flexibility index (Phi) is 4.26. The molecule has 0 amide bonds. The number of aromatic nitrogens is 6. The van der Waals surface area contributed by atoms with E-state index in [1.165, 1.54) is 0 Å². The highest BCUT2D eigenvalue weighted by Crippen LogP contribution is 1.98. The summed E-state index contributed by atoms with van der Waals surface area (Å²) in [7, 11) is 0. The summed E-state index contributed by atoms with van der Waals surface area (Å²) in [5.74, 6) is 1.73. The molecule has 2 aromatic rings. The maximum absolute atomic E-state index is 4.32. The summed E-state index contributed by atoms with van der Waals surface area (Å²) in [5, 5.41) is 15.9. The standard InChI is InChI=1S/C12H21N7/c1-9(2)13-7-12-8-18(17-15-12)5-6-19-11(4)14-10(3)16-19/h8-9,13H,5-7H2,1-4H3. The molecule has 0 fully saturated rings. The third-order valence-electron chi connectivity index (χ3n) is 2.78. The molecule has 2 aromatic heterocycles. The van der Waals surface area contributed by atoms with Crippen LogP contribution in [-0.4, -0.2) is 35.8 Å². The second-order valence-corrected chi connectivity index (χ2v) is 4.94. The largest absolute Gasteiger partial charge is 0.309 e. The maximum Gasteiger partial charge on any atom is 0.147 e. The molecule has 0 saturated heterocycles. The minimum absolute atomic E-state index is 0.450. The second kappa shape index (κ2) is 5.92. The van der Waals surface area contributed by atoms with Gasteiger partial charge in [-0.2, -0.15) is 5.10 Å². The Labute approximate surface area is 113 Å². The lowest BCUT2D eigenvalue weighted by atomic mass is 10.3. The van der Waals surface area contributed by atoms with Crippen molar-refractivity contribution in [2.75, 3.05) is 0 Å². The Morgan fingerprint density at radius 2 is 2.05 bits per heavy atom. The molecule has 0 unspecified atom stereocenters. The minimum Gasteiger partial charge on any atom is -0.309 e. The van der Waals surface area contributed by atoms with Gasteiger partial charge in [0, 0.05) is 18.8 Å². The van der Waals surface area contributed by atoms with Crippen LogP contribution >= 0.6 is 0 Å². The van der Waals surface area contributed by atoms with Gasteiger partial charge in [-0.15, -0.1) is 5.10 Å². The summed E-state index contributed by atoms with van der Waals surface area (Å²) in [4.78, 5) is 4.27. The van der Waals surface area contributed by atoms with E-state index in [-0.39, 0.29) is 0 Å². The molecule has 2 heterocycles. The molecule has 0 aliphatic rings. The van der Waals surface area contributed by atoms with Gasteiger partial charge in [-0.3, -0.25) is 4.68 Å². The molecule has 1 N–H and O–H groups in total. The summed E-state index contributed by atoms with van der Waals surface area (Å²) in [6.45, 7) is 10.3. The van der Waals surface area contributed by atoms with Crippen molar-refractivity contribution in [1.82, 2.24) is 35.1 Å². The number of nitrogens with one attached hydrogen (secondary N) is 1. The molecule has 0 aliphatic carbocycles. The van der Waals surface area contributed by atoms with Crippen molar-refractivity contribution in [1.29, 1.82) is 0 Å². The van der Waals surface area contributed by atoms with Crippen LogP contribution < -0.4 is 5.32 Å². The van der Waals surface area contributed by atoms with Crippen LogP contribution in [0.2, 0.25) is 0 Å². The molecule has 0 aromatic carbocycles. The second-order valence-electron chi connectivity index (χ2n) is 4.94. The van der Waals surface area contributed by atoms with E-state index >= 15 is 0 Å². The fraction of sp³-hybridized carbons (Fsp3) is 0.667. The topological polar surface area (TPSA) is 73.5 Å². The number of aryl methyl sites for hydroxylation is 4. The van der Waals surface area contributed by atoms with Crippen molar-refractivity contribution in [3.8, 4) is 0 Å². The molecule has 0 aliphatic heterocycles. The van der Waals surface area contributed by atoms with Crippen LogP contribution in [0.5, 0.6) is 0 Å². The van der Waals surface area contributed by atoms with E-state index in [1.807, 2.05) is 29.4 Å². The molecule has 7 heteroatoms. The van der Waals surface area contributed by atoms with Gasteiger partial charge >= 0.3 is 0 Å². The smallest absolute Gasteiger partial charge is 0.147 e. The zero-order valence-electron chi connectivity index (χ0n) is 12.0. The van der Waals surface area contributed by atoms with Crippen molar-refractivity contribution >= 4 is 0 Å². The van der Waals surface area contributed by atoms with Gasteiger partial charge in [0.25, 0.3) is 0 Å². The first-order valence-electron chi connectivity index (χ1n) is 6.55. The molecule has 19 heavy (non-hydrogen) atoms. The minimum atomic E-state index is 0.450. The molecule has 104 valence electrons. The lowest BCUT2D eigenvalue weighted by molar-refractivity contribution is 0.480. The highest BCUT2D eigenvalue weighted by molar-refractivity contribution is 4.92. The van der Waals surface area contributed by atoms with Crippen LogP contribution in [0.4, 0.5) is 0 Å². The van der Waals surface area contributed by atoms with E-state index in [1.54, 1.807) is 0 Å². The first-order valence-corrected chi connectivity index (χ1v) is 6.55. The molecule has 0 spiro atoms. The molecule has 0 radical (unpaired) electrons. The zero-order valence-corrected chi connectivity index (χ0v) is 12.0. The van der Waals surface area contributed by atoms with Crippen LogP contribution in [-0.2, 0) is 19.6 Å². The van der Waals surface area contributed by atoms with Crippen LogP contribution in [0, 0.1) is 13.8 Å². The summed E-state index contributed by atoms with van der Waals surface area (Å²) >= 11 is 0. The third kappa shape index (κ3) is 3.85. The van der Waals surface area contributed by atoms with Crippen LogP contribution in [0.15, 0.2) is 6.20 Å². The first kappa shape index (κ1) is 13.7. The Bertz CT molecular complexity index is 526. The lowest BCUT2D eigenvalue weighted by Crippen LogP contribution is -2.21. The van der Waals surface area contributed by atoms with E-state index in [0.29, 0.717) is 6.04 Å². The summed E-state index contributed by atoms with van der Waals surface area (Å²) < 4.78 is 3.73. The normalized spacial score (nSPS) is 11.4. The number of rotatable bonds is 6. The first-order chi connectivity index (χ1) is 9.04. The fourth-order valence-electron chi connectivity index (χ4n) is 1.81. The van der Waals surface area contributed by atoms with Gasteiger partial charge in [0.05, 0.1) is 18.8 Å². The average molecular weight is 263 g/mol. The van der Waals surface area contributed by atoms with E-state index in [2.05, 4.69) is 39.6 Å². The molecule has 7 nitrogen and oxygen atoms in total. The van der Waals surface area contributed by atoms with E-state index in [9.17, 15) is 0 Å². The zero-order chi connectivity index (χ0) is 13.8. The Morgan fingerprint density at radius 1 is 1.26 bits per heavy atom. The average Bonchev–Trinajstić information content (AvgIpc) is 2.91. The Balaban J connectivity index is 1.88. The summed E-state index contributed by atoms with van der Waals surface area (Å²) in [5.41, 5.74) is 0.959. The molecular weight excluding hydrogens is 242 g/mol. The maximum atomic E-state index is 4.32. The van der Waals surface area contributed by atoms with Crippen molar-refractivity contribution in [2.24, 2.45) is 0 Å². The summed E-state index contributed by atoms with van der Waals surface area (Å²) in [6, 6.07) is 0.450. The molecule has 0 bridgehead atoms. The van der Waals surface area contributed by atoms with E-state index in [0.717, 1.165) is 37.0 Å². The van der Waals surface area contributed by atoms with Crippen LogP contribution in [0.3, 0.4) is 0 Å². The van der Waals surface area contributed by atoms with Crippen molar-refractivity contribution in [3.63, 3.8) is 0 Å². The van der Waals surface area contributed by atoms with Gasteiger partial charge in [0.1, 0.15) is 11.6 Å². The lowest BCUT2D eigenvalue weighted by Gasteiger charge is -2.04. The molecular formula is C12H21N7. The predicted molar refractivity (Wildman–Crippen MR) is 71.5 cm³/mol. The molecule has 2 rings (SSSR count). The van der Waals surface area contributed by atoms with E-state index < -0.39 is 0 Å². The highest BCUT2D eigenvalue weighted by atomic mass is 15.4. The third-order valence-corrected chi connectivity index (χ3v) is 2.78. The quantitative estimate of drug-likeness (QED) is 0.830. The SMILES string of the molecule is Cc1nc(C)n(CCn2cc(CNC(C)C)nn2)n1. The van der Waals surface area contributed by atoms with Gasteiger partial charge in [-0.25, -0.2) is 9.67 Å². The van der Waals surface area contributed by atoms with Gasteiger partial charge in [-0.1, -0.05) is 19.1 Å². The van der Waals surface area contributed by atoms with Crippen molar-refractivity contribution in [3.05, 3.63) is 23.5 Å².